The standard InChI is InChI=1S/C24H27ClN6OS/c1-13-7-14(2)21(27-9-13)17-8-20(26-10-18(17)25)31-6-5-19-22(23(31)32)33-24(29-19)30-11-15(3)28-16(4)12-30/h7-10,15-16,28H,5-6,11-12H2,1-4H3. The zero-order chi connectivity index (χ0) is 23.3. The van der Waals surface area contributed by atoms with E-state index in [2.05, 4.69) is 40.1 Å². The summed E-state index contributed by atoms with van der Waals surface area (Å²) >= 11 is 7.98. The minimum atomic E-state index is -0.0504. The first-order chi connectivity index (χ1) is 15.8. The van der Waals surface area contributed by atoms with Gasteiger partial charge in [-0.3, -0.25) is 14.7 Å². The van der Waals surface area contributed by atoms with Crippen LogP contribution in [-0.2, 0) is 6.42 Å². The predicted molar refractivity (Wildman–Crippen MR) is 134 cm³/mol. The van der Waals surface area contributed by atoms with E-state index in [9.17, 15) is 4.79 Å². The molecule has 33 heavy (non-hydrogen) atoms. The van der Waals surface area contributed by atoms with Gasteiger partial charge in [0.2, 0.25) is 0 Å². The fourth-order valence-corrected chi connectivity index (χ4v) is 5.98. The van der Waals surface area contributed by atoms with Crippen molar-refractivity contribution < 1.29 is 4.79 Å². The molecule has 1 N–H and O–H groups in total. The number of carbonyl (C=O) groups excluding carboxylic acids is 1. The van der Waals surface area contributed by atoms with Gasteiger partial charge in [-0.1, -0.05) is 29.0 Å². The highest BCUT2D eigenvalue weighted by Gasteiger charge is 2.32. The van der Waals surface area contributed by atoms with Gasteiger partial charge in [0, 0.05) is 56.1 Å². The van der Waals surface area contributed by atoms with Crippen LogP contribution < -0.4 is 15.1 Å². The van der Waals surface area contributed by atoms with Crippen molar-refractivity contribution in [1.29, 1.82) is 0 Å². The van der Waals surface area contributed by atoms with Crippen molar-refractivity contribution >= 4 is 39.8 Å². The van der Waals surface area contributed by atoms with Crippen LogP contribution in [0.15, 0.2) is 24.5 Å². The number of carbonyl (C=O) groups is 1. The lowest BCUT2D eigenvalue weighted by Gasteiger charge is -2.35. The number of rotatable bonds is 3. The molecule has 2 aliphatic heterocycles. The van der Waals surface area contributed by atoms with Crippen molar-refractivity contribution in [3.63, 3.8) is 0 Å². The van der Waals surface area contributed by atoms with E-state index in [1.165, 1.54) is 11.3 Å². The molecule has 3 aromatic rings. The average molecular weight is 483 g/mol. The molecule has 2 unspecified atom stereocenters. The highest BCUT2D eigenvalue weighted by molar-refractivity contribution is 7.17. The molecule has 2 atom stereocenters. The van der Waals surface area contributed by atoms with Gasteiger partial charge < -0.3 is 10.2 Å². The molecular formula is C24H27ClN6OS. The van der Waals surface area contributed by atoms with Crippen LogP contribution in [0.2, 0.25) is 5.02 Å². The van der Waals surface area contributed by atoms with Gasteiger partial charge in [0.05, 0.1) is 16.4 Å². The number of pyridine rings is 2. The van der Waals surface area contributed by atoms with Gasteiger partial charge in [-0.25, -0.2) is 9.97 Å². The third-order valence-electron chi connectivity index (χ3n) is 6.11. The van der Waals surface area contributed by atoms with Crippen molar-refractivity contribution in [3.8, 4) is 11.3 Å². The second-order valence-corrected chi connectivity index (χ2v) is 10.4. The number of hydrogen-bond donors (Lipinski definition) is 1. The Labute approximate surface area is 202 Å². The molecule has 0 aliphatic carbocycles. The Bertz CT molecular complexity index is 1220. The van der Waals surface area contributed by atoms with E-state index in [4.69, 9.17) is 16.6 Å². The van der Waals surface area contributed by atoms with Crippen LogP contribution in [0.3, 0.4) is 0 Å². The number of amides is 1. The summed E-state index contributed by atoms with van der Waals surface area (Å²) in [7, 11) is 0. The Morgan fingerprint density at radius 2 is 1.88 bits per heavy atom. The summed E-state index contributed by atoms with van der Waals surface area (Å²) in [4.78, 5) is 32.1. The molecule has 3 aromatic heterocycles. The van der Waals surface area contributed by atoms with Crippen LogP contribution in [0.25, 0.3) is 11.3 Å². The summed E-state index contributed by atoms with van der Waals surface area (Å²) in [6.07, 6.45) is 4.14. The maximum atomic E-state index is 13.5. The largest absolute Gasteiger partial charge is 0.345 e. The number of piperazine rings is 1. The van der Waals surface area contributed by atoms with E-state index in [-0.39, 0.29) is 5.91 Å². The number of aryl methyl sites for hydroxylation is 2. The van der Waals surface area contributed by atoms with Crippen molar-refractivity contribution in [2.75, 3.05) is 29.4 Å². The molecule has 7 nitrogen and oxygen atoms in total. The normalized spacial score (nSPS) is 20.8. The number of halogens is 1. The summed E-state index contributed by atoms with van der Waals surface area (Å²) in [5.41, 5.74) is 4.61. The molecular weight excluding hydrogens is 456 g/mol. The van der Waals surface area contributed by atoms with Crippen molar-refractivity contribution in [3.05, 3.63) is 51.2 Å². The molecule has 5 rings (SSSR count). The van der Waals surface area contributed by atoms with Crippen LogP contribution in [0, 0.1) is 13.8 Å². The number of thiazole rings is 1. The first kappa shape index (κ1) is 22.3. The molecule has 0 saturated carbocycles. The van der Waals surface area contributed by atoms with Crippen molar-refractivity contribution in [2.24, 2.45) is 0 Å². The first-order valence-electron chi connectivity index (χ1n) is 11.2. The van der Waals surface area contributed by atoms with E-state index < -0.39 is 0 Å². The maximum absolute atomic E-state index is 13.5. The molecule has 1 fully saturated rings. The molecule has 0 aromatic carbocycles. The Morgan fingerprint density at radius 1 is 1.12 bits per heavy atom. The van der Waals surface area contributed by atoms with E-state index in [1.54, 1.807) is 11.1 Å². The zero-order valence-electron chi connectivity index (χ0n) is 19.2. The molecule has 0 bridgehead atoms. The van der Waals surface area contributed by atoms with Gasteiger partial charge in [-0.2, -0.15) is 0 Å². The minimum absolute atomic E-state index is 0.0504. The molecule has 0 spiro atoms. The van der Waals surface area contributed by atoms with Gasteiger partial charge in [-0.15, -0.1) is 0 Å². The Kier molecular flexibility index (Phi) is 5.84. The minimum Gasteiger partial charge on any atom is -0.345 e. The van der Waals surface area contributed by atoms with Crippen LogP contribution in [0.1, 0.15) is 40.3 Å². The third-order valence-corrected chi connectivity index (χ3v) is 7.56. The summed E-state index contributed by atoms with van der Waals surface area (Å²) in [5, 5.41) is 4.99. The highest BCUT2D eigenvalue weighted by Crippen LogP contribution is 2.35. The molecule has 2 aliphatic rings. The van der Waals surface area contributed by atoms with Crippen LogP contribution in [0.4, 0.5) is 10.9 Å². The van der Waals surface area contributed by atoms with Crippen molar-refractivity contribution in [1.82, 2.24) is 20.3 Å². The van der Waals surface area contributed by atoms with Gasteiger partial charge in [0.15, 0.2) is 5.13 Å². The van der Waals surface area contributed by atoms with E-state index in [0.29, 0.717) is 40.8 Å². The van der Waals surface area contributed by atoms with Gasteiger partial charge >= 0.3 is 0 Å². The topological polar surface area (TPSA) is 74.2 Å². The number of nitrogens with one attached hydrogen (secondary N) is 1. The SMILES string of the molecule is Cc1cnc(-c2cc(N3CCc4nc(N5CC(C)NC(C)C5)sc4C3=O)ncc2Cl)c(C)c1. The predicted octanol–water partition coefficient (Wildman–Crippen LogP) is 4.26. The Balaban J connectivity index is 1.45. The molecule has 0 radical (unpaired) electrons. The number of anilines is 2. The van der Waals surface area contributed by atoms with Crippen LogP contribution in [0.5, 0.6) is 0 Å². The Hall–Kier alpha value is -2.55. The number of nitrogens with zero attached hydrogens (tertiary/aromatic N) is 5. The van der Waals surface area contributed by atoms with Crippen LogP contribution >= 0.6 is 22.9 Å². The van der Waals surface area contributed by atoms with Gasteiger partial charge in [0.25, 0.3) is 5.91 Å². The Morgan fingerprint density at radius 3 is 2.61 bits per heavy atom. The third kappa shape index (κ3) is 4.23. The molecule has 9 heteroatoms. The summed E-state index contributed by atoms with van der Waals surface area (Å²) in [5.74, 6) is 0.539. The number of fused-ring (bicyclic) bond motifs is 1. The number of aromatic nitrogens is 3. The highest BCUT2D eigenvalue weighted by atomic mass is 35.5. The number of hydrogen-bond acceptors (Lipinski definition) is 7. The average Bonchev–Trinajstić information content (AvgIpc) is 3.20. The second kappa shape index (κ2) is 8.66. The fraction of sp³-hybridized carbons (Fsp3) is 0.417. The molecule has 172 valence electrons. The maximum Gasteiger partial charge on any atom is 0.271 e. The summed E-state index contributed by atoms with van der Waals surface area (Å²) < 4.78 is 0. The molecule has 1 amide bonds. The monoisotopic (exact) mass is 482 g/mol. The van der Waals surface area contributed by atoms with Crippen molar-refractivity contribution in [2.45, 2.75) is 46.2 Å². The van der Waals surface area contributed by atoms with Crippen LogP contribution in [-0.4, -0.2) is 52.6 Å². The van der Waals surface area contributed by atoms with E-state index >= 15 is 0 Å². The van der Waals surface area contributed by atoms with E-state index in [0.717, 1.165) is 46.3 Å². The lowest BCUT2D eigenvalue weighted by atomic mass is 10.1. The second-order valence-electron chi connectivity index (χ2n) is 9.05. The summed E-state index contributed by atoms with van der Waals surface area (Å²) in [6.45, 7) is 10.7. The lowest BCUT2D eigenvalue weighted by molar-refractivity contribution is 0.0983. The summed E-state index contributed by atoms with van der Waals surface area (Å²) in [6, 6.07) is 4.72. The molecule has 5 heterocycles. The quantitative estimate of drug-likeness (QED) is 0.601. The smallest absolute Gasteiger partial charge is 0.271 e. The fourth-order valence-electron chi connectivity index (χ4n) is 4.71. The van der Waals surface area contributed by atoms with Gasteiger partial charge in [-0.05, 0) is 44.9 Å². The van der Waals surface area contributed by atoms with E-state index in [1.807, 2.05) is 26.1 Å². The molecule has 1 saturated heterocycles. The zero-order valence-corrected chi connectivity index (χ0v) is 20.8. The van der Waals surface area contributed by atoms with Gasteiger partial charge in [0.1, 0.15) is 10.7 Å². The first-order valence-corrected chi connectivity index (χ1v) is 12.4. The lowest BCUT2D eigenvalue weighted by Crippen LogP contribution is -2.54.